The van der Waals surface area contributed by atoms with Gasteiger partial charge >= 0.3 is 0 Å². The average molecular weight is 268 g/mol. The summed E-state index contributed by atoms with van der Waals surface area (Å²) in [5.41, 5.74) is 5.05. The van der Waals surface area contributed by atoms with Crippen molar-refractivity contribution < 1.29 is 9.53 Å². The molecule has 0 saturated heterocycles. The maximum absolute atomic E-state index is 12.2. The zero-order chi connectivity index (χ0) is 14.7. The van der Waals surface area contributed by atoms with Crippen LogP contribution >= 0.6 is 0 Å². The number of carbonyl (C=O) groups excluding carboxylic acids is 1. The number of Topliss-reactive ketones (excluding diaryl/α,β-unsaturated/α-hetero) is 1. The van der Waals surface area contributed by atoms with E-state index < -0.39 is 0 Å². The van der Waals surface area contributed by atoms with Crippen molar-refractivity contribution in [1.29, 1.82) is 0 Å². The van der Waals surface area contributed by atoms with Crippen molar-refractivity contribution in [3.63, 3.8) is 0 Å². The van der Waals surface area contributed by atoms with E-state index in [1.54, 1.807) is 0 Å². The molecule has 0 radical (unpaired) electrons. The minimum Gasteiger partial charge on any atom is -0.485 e. The van der Waals surface area contributed by atoms with Gasteiger partial charge in [-0.2, -0.15) is 0 Å². The fourth-order valence-corrected chi connectivity index (χ4v) is 2.25. The molecule has 104 valence electrons. The molecule has 2 aromatic carbocycles. The second-order valence-corrected chi connectivity index (χ2v) is 5.18. The van der Waals surface area contributed by atoms with Crippen LogP contribution in [0.15, 0.2) is 36.4 Å². The molecule has 2 heteroatoms. The van der Waals surface area contributed by atoms with Crippen LogP contribution in [0.2, 0.25) is 0 Å². The molecule has 2 aromatic rings. The number of benzene rings is 2. The van der Waals surface area contributed by atoms with E-state index in [1.807, 2.05) is 58.0 Å². The molecule has 0 fully saturated rings. The van der Waals surface area contributed by atoms with Gasteiger partial charge in [-0.25, -0.2) is 0 Å². The van der Waals surface area contributed by atoms with Crippen molar-refractivity contribution >= 4 is 5.78 Å². The van der Waals surface area contributed by atoms with Crippen LogP contribution < -0.4 is 4.74 Å². The molecule has 0 spiro atoms. The Morgan fingerprint density at radius 2 is 1.55 bits per heavy atom. The lowest BCUT2D eigenvalue weighted by atomic mass is 10.0. The predicted octanol–water partition coefficient (Wildman–Crippen LogP) is 4.18. The van der Waals surface area contributed by atoms with Crippen molar-refractivity contribution in [3.05, 3.63) is 64.2 Å². The van der Waals surface area contributed by atoms with Crippen LogP contribution in [0.5, 0.6) is 5.75 Å². The van der Waals surface area contributed by atoms with Gasteiger partial charge in [0.1, 0.15) is 5.75 Å². The van der Waals surface area contributed by atoms with Crippen LogP contribution in [0.1, 0.15) is 32.6 Å². The largest absolute Gasteiger partial charge is 0.485 e. The number of rotatable bonds is 4. The van der Waals surface area contributed by atoms with E-state index >= 15 is 0 Å². The molecule has 0 bridgehead atoms. The summed E-state index contributed by atoms with van der Waals surface area (Å²) in [6.45, 7) is 8.09. The normalized spacial score (nSPS) is 10.4. The monoisotopic (exact) mass is 268 g/mol. The summed E-state index contributed by atoms with van der Waals surface area (Å²) >= 11 is 0. The van der Waals surface area contributed by atoms with Gasteiger partial charge in [0.25, 0.3) is 0 Å². The average Bonchev–Trinajstić information content (AvgIpc) is 2.43. The van der Waals surface area contributed by atoms with E-state index in [4.69, 9.17) is 4.74 Å². The number of ether oxygens (including phenoxy) is 1. The molecule has 0 aromatic heterocycles. The molecule has 0 aliphatic heterocycles. The van der Waals surface area contributed by atoms with Crippen molar-refractivity contribution in [3.8, 4) is 5.75 Å². The molecule has 2 nitrogen and oxygen atoms in total. The molecule has 0 saturated carbocycles. The number of hydrogen-bond donors (Lipinski definition) is 0. The topological polar surface area (TPSA) is 26.3 Å². The molecule has 0 aliphatic rings. The fourth-order valence-electron chi connectivity index (χ4n) is 2.25. The van der Waals surface area contributed by atoms with Crippen molar-refractivity contribution in [1.82, 2.24) is 0 Å². The highest BCUT2D eigenvalue weighted by molar-refractivity contribution is 5.98. The Hall–Kier alpha value is -2.09. The Bertz CT molecular complexity index is 642. The summed E-state index contributed by atoms with van der Waals surface area (Å²) in [7, 11) is 0. The third-order valence-corrected chi connectivity index (χ3v) is 3.67. The Kier molecular flexibility index (Phi) is 4.23. The first-order valence-corrected chi connectivity index (χ1v) is 6.79. The van der Waals surface area contributed by atoms with Crippen LogP contribution in [0.3, 0.4) is 0 Å². The van der Waals surface area contributed by atoms with E-state index in [0.29, 0.717) is 0 Å². The summed E-state index contributed by atoms with van der Waals surface area (Å²) < 4.78 is 5.77. The zero-order valence-corrected chi connectivity index (χ0v) is 12.5. The van der Waals surface area contributed by atoms with E-state index in [-0.39, 0.29) is 12.4 Å². The molecule has 0 unspecified atom stereocenters. The minimum absolute atomic E-state index is 0.0170. The maximum atomic E-state index is 12.2. The van der Waals surface area contributed by atoms with Gasteiger partial charge in [0.05, 0.1) is 0 Å². The molecule has 0 heterocycles. The standard InChI is InChI=1S/C18H20O2/c1-12-9-10-14(3)18(15(12)4)20-11-17(19)16-8-6-5-7-13(16)2/h5-10H,11H2,1-4H3. The summed E-state index contributed by atoms with van der Waals surface area (Å²) in [4.78, 5) is 12.2. The molecule has 0 amide bonds. The van der Waals surface area contributed by atoms with Gasteiger partial charge in [-0.05, 0) is 49.9 Å². The van der Waals surface area contributed by atoms with E-state index in [9.17, 15) is 4.79 Å². The molecule has 0 N–H and O–H groups in total. The van der Waals surface area contributed by atoms with Gasteiger partial charge in [0.2, 0.25) is 0 Å². The summed E-state index contributed by atoms with van der Waals surface area (Å²) in [5, 5.41) is 0. The molecular formula is C18H20O2. The van der Waals surface area contributed by atoms with Crippen LogP contribution in [0.4, 0.5) is 0 Å². The SMILES string of the molecule is Cc1ccccc1C(=O)COc1c(C)ccc(C)c1C. The lowest BCUT2D eigenvalue weighted by Crippen LogP contribution is -2.14. The van der Waals surface area contributed by atoms with Crippen LogP contribution in [0.25, 0.3) is 0 Å². The number of aryl methyl sites for hydroxylation is 3. The van der Waals surface area contributed by atoms with Gasteiger partial charge in [-0.15, -0.1) is 0 Å². The van der Waals surface area contributed by atoms with E-state index in [0.717, 1.165) is 28.0 Å². The third-order valence-electron chi connectivity index (χ3n) is 3.67. The summed E-state index contributed by atoms with van der Waals surface area (Å²) in [6.07, 6.45) is 0. The summed E-state index contributed by atoms with van der Waals surface area (Å²) in [6, 6.07) is 11.7. The Morgan fingerprint density at radius 3 is 2.25 bits per heavy atom. The summed E-state index contributed by atoms with van der Waals surface area (Å²) in [5.74, 6) is 0.843. The lowest BCUT2D eigenvalue weighted by molar-refractivity contribution is 0.0920. The number of hydrogen-bond acceptors (Lipinski definition) is 2. The predicted molar refractivity (Wildman–Crippen MR) is 81.7 cm³/mol. The Morgan fingerprint density at radius 1 is 0.900 bits per heavy atom. The first-order valence-electron chi connectivity index (χ1n) is 6.79. The van der Waals surface area contributed by atoms with Gasteiger partial charge in [-0.3, -0.25) is 4.79 Å². The number of carbonyl (C=O) groups is 1. The molecule has 2 rings (SSSR count). The molecule has 20 heavy (non-hydrogen) atoms. The van der Waals surface area contributed by atoms with Crippen molar-refractivity contribution in [2.45, 2.75) is 27.7 Å². The third kappa shape index (κ3) is 2.90. The Balaban J connectivity index is 2.16. The highest BCUT2D eigenvalue weighted by Gasteiger charge is 2.12. The highest BCUT2D eigenvalue weighted by Crippen LogP contribution is 2.25. The quantitative estimate of drug-likeness (QED) is 0.777. The van der Waals surface area contributed by atoms with E-state index in [2.05, 4.69) is 6.07 Å². The van der Waals surface area contributed by atoms with Crippen molar-refractivity contribution in [2.75, 3.05) is 6.61 Å². The van der Waals surface area contributed by atoms with E-state index in [1.165, 1.54) is 5.56 Å². The number of ketones is 1. The lowest BCUT2D eigenvalue weighted by Gasteiger charge is -2.14. The molecule has 0 aliphatic carbocycles. The first kappa shape index (κ1) is 14.3. The van der Waals surface area contributed by atoms with Gasteiger partial charge in [0, 0.05) is 5.56 Å². The van der Waals surface area contributed by atoms with Crippen LogP contribution in [-0.4, -0.2) is 12.4 Å². The van der Waals surface area contributed by atoms with Gasteiger partial charge in [-0.1, -0.05) is 36.4 Å². The first-order chi connectivity index (χ1) is 9.50. The van der Waals surface area contributed by atoms with Crippen molar-refractivity contribution in [2.24, 2.45) is 0 Å². The maximum Gasteiger partial charge on any atom is 0.200 e. The second kappa shape index (κ2) is 5.91. The molecular weight excluding hydrogens is 248 g/mol. The minimum atomic E-state index is 0.0170. The molecule has 0 atom stereocenters. The smallest absolute Gasteiger partial charge is 0.200 e. The Labute approximate surface area is 120 Å². The van der Waals surface area contributed by atoms with Gasteiger partial charge in [0.15, 0.2) is 12.4 Å². The van der Waals surface area contributed by atoms with Crippen LogP contribution in [0, 0.1) is 27.7 Å². The zero-order valence-electron chi connectivity index (χ0n) is 12.5. The second-order valence-electron chi connectivity index (χ2n) is 5.18. The van der Waals surface area contributed by atoms with Gasteiger partial charge < -0.3 is 4.74 Å². The van der Waals surface area contributed by atoms with Crippen LogP contribution in [-0.2, 0) is 0 Å². The highest BCUT2D eigenvalue weighted by atomic mass is 16.5. The fraction of sp³-hybridized carbons (Fsp3) is 0.278.